The Morgan fingerprint density at radius 1 is 1.20 bits per heavy atom. The molecule has 2 rings (SSSR count). The van der Waals surface area contributed by atoms with Crippen molar-refractivity contribution in [3.63, 3.8) is 0 Å². The Morgan fingerprint density at radius 3 is 2.36 bits per heavy atom. The van der Waals surface area contributed by atoms with Crippen LogP contribution in [0.15, 0.2) is 28.7 Å². The van der Waals surface area contributed by atoms with Crippen LogP contribution in [0.2, 0.25) is 0 Å². The Balaban J connectivity index is 2.35. The molecule has 132 valence electrons. The quantitative estimate of drug-likeness (QED) is 0.641. The molecule has 25 heavy (non-hydrogen) atoms. The molecule has 0 radical (unpaired) electrons. The van der Waals surface area contributed by atoms with Crippen LogP contribution in [0, 0.1) is 0 Å². The number of hydrogen-bond acceptors (Lipinski definition) is 6. The van der Waals surface area contributed by atoms with E-state index in [0.29, 0.717) is 20.6 Å². The first-order chi connectivity index (χ1) is 11.8. The number of rotatable bonds is 6. The van der Waals surface area contributed by atoms with Crippen molar-refractivity contribution in [3.05, 3.63) is 33.6 Å². The van der Waals surface area contributed by atoms with Crippen LogP contribution in [0.5, 0.6) is 5.75 Å². The molecular formula is C15H12BrNO7S. The van der Waals surface area contributed by atoms with Gasteiger partial charge in [-0.3, -0.25) is 5.32 Å². The summed E-state index contributed by atoms with van der Waals surface area (Å²) in [5.41, 5.74) is 1.17. The number of methoxy groups -OCH3 is 1. The Bertz CT molecular complexity index is 816. The molecule has 0 aliphatic rings. The van der Waals surface area contributed by atoms with E-state index in [1.807, 2.05) is 0 Å². The zero-order chi connectivity index (χ0) is 18.6. The summed E-state index contributed by atoms with van der Waals surface area (Å²) in [4.78, 5) is 33.7. The minimum absolute atomic E-state index is 0.0355. The van der Waals surface area contributed by atoms with Crippen LogP contribution >= 0.6 is 27.3 Å². The first-order valence-electron chi connectivity index (χ1n) is 6.69. The smallest absolute Gasteiger partial charge is 0.411 e. The number of aliphatic carboxylic acids is 1. The second-order valence-corrected chi connectivity index (χ2v) is 6.40. The van der Waals surface area contributed by atoms with Gasteiger partial charge < -0.3 is 19.7 Å². The Kier molecular flexibility index (Phi) is 5.99. The molecule has 0 atom stereocenters. The summed E-state index contributed by atoms with van der Waals surface area (Å²) in [5.74, 6) is -2.47. The van der Waals surface area contributed by atoms with E-state index in [1.165, 1.54) is 7.11 Å². The SMILES string of the molecule is COC(=O)Nc1ccc(-c2sc(C(=O)O)c(OCC(=O)O)c2Br)cc1. The van der Waals surface area contributed by atoms with Crippen molar-refractivity contribution in [2.24, 2.45) is 0 Å². The summed E-state index contributed by atoms with van der Waals surface area (Å²) in [6.45, 7) is -0.656. The summed E-state index contributed by atoms with van der Waals surface area (Å²) in [6, 6.07) is 6.59. The van der Waals surface area contributed by atoms with Crippen LogP contribution in [0.1, 0.15) is 9.67 Å². The molecule has 0 aliphatic carbocycles. The molecule has 1 aromatic heterocycles. The van der Waals surface area contributed by atoms with E-state index >= 15 is 0 Å². The predicted molar refractivity (Wildman–Crippen MR) is 93.6 cm³/mol. The number of hydrogen-bond donors (Lipinski definition) is 3. The van der Waals surface area contributed by atoms with Crippen LogP contribution < -0.4 is 10.1 Å². The van der Waals surface area contributed by atoms with E-state index < -0.39 is 24.6 Å². The summed E-state index contributed by atoms with van der Waals surface area (Å²) in [5, 5.41) is 20.5. The molecule has 0 aliphatic heterocycles. The molecule has 3 N–H and O–H groups in total. The molecule has 0 saturated heterocycles. The van der Waals surface area contributed by atoms with Gasteiger partial charge in [0.15, 0.2) is 17.2 Å². The normalized spacial score (nSPS) is 10.2. The Morgan fingerprint density at radius 2 is 1.84 bits per heavy atom. The molecule has 0 spiro atoms. The second-order valence-electron chi connectivity index (χ2n) is 4.58. The van der Waals surface area contributed by atoms with E-state index in [4.69, 9.17) is 9.84 Å². The third kappa shape index (κ3) is 4.48. The molecule has 0 unspecified atom stereocenters. The van der Waals surface area contributed by atoms with Crippen molar-refractivity contribution in [2.45, 2.75) is 0 Å². The highest BCUT2D eigenvalue weighted by Gasteiger charge is 2.24. The number of carbonyl (C=O) groups excluding carboxylic acids is 1. The van der Waals surface area contributed by atoms with Gasteiger partial charge in [-0.1, -0.05) is 12.1 Å². The summed E-state index contributed by atoms with van der Waals surface area (Å²) in [6.07, 6.45) is -0.609. The maximum atomic E-state index is 11.4. The highest BCUT2D eigenvalue weighted by atomic mass is 79.9. The van der Waals surface area contributed by atoms with Crippen molar-refractivity contribution >= 4 is 51.0 Å². The highest BCUT2D eigenvalue weighted by Crippen LogP contribution is 2.45. The molecular weight excluding hydrogens is 418 g/mol. The molecule has 1 amide bonds. The molecule has 0 saturated carbocycles. The maximum Gasteiger partial charge on any atom is 0.411 e. The van der Waals surface area contributed by atoms with E-state index in [9.17, 15) is 19.5 Å². The van der Waals surface area contributed by atoms with Gasteiger partial charge in [0.25, 0.3) is 0 Å². The van der Waals surface area contributed by atoms with E-state index in [-0.39, 0.29) is 10.6 Å². The number of thiophene rings is 1. The topological polar surface area (TPSA) is 122 Å². The number of amides is 1. The lowest BCUT2D eigenvalue weighted by Crippen LogP contribution is -2.11. The lowest BCUT2D eigenvalue weighted by Gasteiger charge is -2.05. The van der Waals surface area contributed by atoms with E-state index in [1.54, 1.807) is 24.3 Å². The van der Waals surface area contributed by atoms with Gasteiger partial charge in [0.2, 0.25) is 0 Å². The van der Waals surface area contributed by atoms with E-state index in [0.717, 1.165) is 11.3 Å². The average Bonchev–Trinajstić information content (AvgIpc) is 2.90. The number of anilines is 1. The van der Waals surface area contributed by atoms with Crippen molar-refractivity contribution in [3.8, 4) is 16.2 Å². The summed E-state index contributed by atoms with van der Waals surface area (Å²) in [7, 11) is 1.25. The van der Waals surface area contributed by atoms with Crippen molar-refractivity contribution < 1.29 is 34.1 Å². The molecule has 2 aromatic rings. The third-order valence-electron chi connectivity index (χ3n) is 2.92. The summed E-state index contributed by atoms with van der Waals surface area (Å²) >= 11 is 4.21. The van der Waals surface area contributed by atoms with Crippen LogP contribution in [0.4, 0.5) is 10.5 Å². The number of carbonyl (C=O) groups is 3. The standard InChI is InChI=1S/C15H12BrNO7S/c1-23-15(22)17-8-4-2-7(3-5-8)12-10(16)11(24-6-9(18)19)13(25-12)14(20)21/h2-5H,6H2,1H3,(H,17,22)(H,18,19)(H,20,21). The van der Waals surface area contributed by atoms with Crippen LogP contribution in [-0.2, 0) is 9.53 Å². The van der Waals surface area contributed by atoms with Gasteiger partial charge in [-0.25, -0.2) is 14.4 Å². The van der Waals surface area contributed by atoms with Crippen LogP contribution in [0.3, 0.4) is 0 Å². The fourth-order valence-electron chi connectivity index (χ4n) is 1.86. The van der Waals surface area contributed by atoms with Gasteiger partial charge in [0, 0.05) is 5.69 Å². The van der Waals surface area contributed by atoms with E-state index in [2.05, 4.69) is 26.0 Å². The van der Waals surface area contributed by atoms with Crippen LogP contribution in [0.25, 0.3) is 10.4 Å². The predicted octanol–water partition coefficient (Wildman–Crippen LogP) is 3.52. The molecule has 8 nitrogen and oxygen atoms in total. The Labute approximate surface area is 154 Å². The minimum Gasteiger partial charge on any atom is -0.479 e. The fourth-order valence-corrected chi connectivity index (χ4v) is 3.76. The molecule has 1 aromatic carbocycles. The van der Waals surface area contributed by atoms with Crippen molar-refractivity contribution in [1.82, 2.24) is 0 Å². The number of ether oxygens (including phenoxy) is 2. The number of halogens is 1. The number of aromatic carboxylic acids is 1. The number of benzene rings is 1. The number of carboxylic acid groups (broad SMARTS) is 2. The second kappa shape index (κ2) is 7.99. The van der Waals surface area contributed by atoms with Gasteiger partial charge in [-0.15, -0.1) is 11.3 Å². The monoisotopic (exact) mass is 429 g/mol. The molecule has 10 heteroatoms. The molecule has 0 fully saturated rings. The lowest BCUT2D eigenvalue weighted by molar-refractivity contribution is -0.139. The first kappa shape index (κ1) is 18.7. The third-order valence-corrected chi connectivity index (χ3v) is 5.15. The number of carboxylic acids is 2. The van der Waals surface area contributed by atoms with Gasteiger partial charge in [-0.05, 0) is 33.6 Å². The fraction of sp³-hybridized carbons (Fsp3) is 0.133. The average molecular weight is 430 g/mol. The van der Waals surface area contributed by atoms with Gasteiger partial charge in [-0.2, -0.15) is 0 Å². The first-order valence-corrected chi connectivity index (χ1v) is 8.30. The van der Waals surface area contributed by atoms with Crippen molar-refractivity contribution in [2.75, 3.05) is 19.0 Å². The molecule has 0 bridgehead atoms. The minimum atomic E-state index is -1.22. The van der Waals surface area contributed by atoms with Gasteiger partial charge in [0.1, 0.15) is 0 Å². The molecule has 1 heterocycles. The maximum absolute atomic E-state index is 11.4. The van der Waals surface area contributed by atoms with Crippen molar-refractivity contribution in [1.29, 1.82) is 0 Å². The van der Waals surface area contributed by atoms with Gasteiger partial charge >= 0.3 is 18.0 Å². The zero-order valence-corrected chi connectivity index (χ0v) is 15.1. The van der Waals surface area contributed by atoms with Gasteiger partial charge in [0.05, 0.1) is 16.5 Å². The van der Waals surface area contributed by atoms with Crippen LogP contribution in [-0.4, -0.2) is 42.0 Å². The summed E-state index contributed by atoms with van der Waals surface area (Å²) < 4.78 is 9.94. The largest absolute Gasteiger partial charge is 0.479 e. The zero-order valence-electron chi connectivity index (χ0n) is 12.7. The number of nitrogens with one attached hydrogen (secondary N) is 1. The highest BCUT2D eigenvalue weighted by molar-refractivity contribution is 9.10. The lowest BCUT2D eigenvalue weighted by atomic mass is 10.1. The Hall–Kier alpha value is -2.59.